The van der Waals surface area contributed by atoms with E-state index in [1.165, 1.54) is 5.56 Å². The van der Waals surface area contributed by atoms with Crippen LogP contribution >= 0.6 is 0 Å². The highest BCUT2D eigenvalue weighted by Gasteiger charge is 2.18. The van der Waals surface area contributed by atoms with Crippen LogP contribution in [0.1, 0.15) is 19.4 Å². The molecule has 1 heterocycles. The van der Waals surface area contributed by atoms with Gasteiger partial charge in [-0.05, 0) is 39.0 Å². The molecule has 1 aromatic heterocycles. The summed E-state index contributed by atoms with van der Waals surface area (Å²) in [5.41, 5.74) is 4.79. The smallest absolute Gasteiger partial charge is 0.0730 e. The van der Waals surface area contributed by atoms with Gasteiger partial charge in [0.05, 0.1) is 23.4 Å². The topological polar surface area (TPSA) is 45.1 Å². The number of nitrogens with one attached hydrogen (secondary N) is 1. The van der Waals surface area contributed by atoms with Gasteiger partial charge in [-0.1, -0.05) is 42.0 Å². The zero-order chi connectivity index (χ0) is 16.4. The van der Waals surface area contributed by atoms with Crippen molar-refractivity contribution in [1.29, 1.82) is 0 Å². The Bertz CT molecular complexity index is 840. The van der Waals surface area contributed by atoms with Gasteiger partial charge in [0.25, 0.3) is 0 Å². The van der Waals surface area contributed by atoms with Crippen molar-refractivity contribution in [1.82, 2.24) is 4.98 Å². The van der Waals surface area contributed by atoms with Crippen LogP contribution in [0.15, 0.2) is 54.6 Å². The lowest BCUT2D eigenvalue weighted by Gasteiger charge is -2.26. The summed E-state index contributed by atoms with van der Waals surface area (Å²) in [7, 11) is 0. The number of anilines is 1. The molecule has 3 rings (SSSR count). The van der Waals surface area contributed by atoms with Crippen LogP contribution < -0.4 is 5.32 Å². The molecule has 0 fully saturated rings. The van der Waals surface area contributed by atoms with E-state index in [2.05, 4.69) is 42.6 Å². The standard InChI is InChI=1S/C20H22N2O/c1-14-7-6-8-15(11-14)18-12-19(22-20(2,3)13-23)16-9-4-5-10-17(16)21-18/h4-12,23H,13H2,1-3H3,(H,21,22). The molecule has 0 unspecified atom stereocenters. The Morgan fingerprint density at radius 1 is 1.04 bits per heavy atom. The first-order chi connectivity index (χ1) is 11.0. The Hall–Kier alpha value is -2.39. The second-order valence-corrected chi connectivity index (χ2v) is 6.61. The Labute approximate surface area is 137 Å². The maximum atomic E-state index is 9.57. The minimum absolute atomic E-state index is 0.0590. The fraction of sp³-hybridized carbons (Fsp3) is 0.250. The van der Waals surface area contributed by atoms with Gasteiger partial charge in [-0.15, -0.1) is 0 Å². The molecule has 0 atom stereocenters. The molecular formula is C20H22N2O. The van der Waals surface area contributed by atoms with Crippen LogP contribution in [0.5, 0.6) is 0 Å². The lowest BCUT2D eigenvalue weighted by molar-refractivity contribution is 0.234. The highest BCUT2D eigenvalue weighted by Crippen LogP contribution is 2.30. The Balaban J connectivity index is 2.17. The maximum Gasteiger partial charge on any atom is 0.0730 e. The number of fused-ring (bicyclic) bond motifs is 1. The van der Waals surface area contributed by atoms with E-state index in [-0.39, 0.29) is 6.61 Å². The highest BCUT2D eigenvalue weighted by molar-refractivity contribution is 5.94. The molecule has 2 N–H and O–H groups in total. The Kier molecular flexibility index (Phi) is 4.05. The fourth-order valence-corrected chi connectivity index (χ4v) is 2.64. The molecule has 3 nitrogen and oxygen atoms in total. The van der Waals surface area contributed by atoms with Crippen molar-refractivity contribution < 1.29 is 5.11 Å². The molecule has 0 saturated heterocycles. The summed E-state index contributed by atoms with van der Waals surface area (Å²) in [4.78, 5) is 4.80. The summed E-state index contributed by atoms with van der Waals surface area (Å²) in [6.07, 6.45) is 0. The van der Waals surface area contributed by atoms with Crippen LogP contribution in [0.3, 0.4) is 0 Å². The molecule has 0 amide bonds. The van der Waals surface area contributed by atoms with Crippen LogP contribution in [0, 0.1) is 6.92 Å². The fourth-order valence-electron chi connectivity index (χ4n) is 2.64. The number of hydrogen-bond donors (Lipinski definition) is 2. The molecule has 0 spiro atoms. The number of pyridine rings is 1. The number of aryl methyl sites for hydroxylation is 1. The average molecular weight is 306 g/mol. The molecule has 2 aromatic carbocycles. The third-order valence-electron chi connectivity index (χ3n) is 3.90. The van der Waals surface area contributed by atoms with Crippen LogP contribution in [-0.2, 0) is 0 Å². The van der Waals surface area contributed by atoms with E-state index in [1.807, 2.05) is 38.1 Å². The number of benzene rings is 2. The molecular weight excluding hydrogens is 284 g/mol. The lowest BCUT2D eigenvalue weighted by atomic mass is 10.0. The van der Waals surface area contributed by atoms with Crippen molar-refractivity contribution in [3.05, 3.63) is 60.2 Å². The molecule has 0 radical (unpaired) electrons. The minimum atomic E-state index is -0.395. The number of hydrogen-bond acceptors (Lipinski definition) is 3. The van der Waals surface area contributed by atoms with Gasteiger partial charge >= 0.3 is 0 Å². The van der Waals surface area contributed by atoms with Crippen LogP contribution in [-0.4, -0.2) is 22.2 Å². The van der Waals surface area contributed by atoms with Gasteiger partial charge in [-0.2, -0.15) is 0 Å². The monoisotopic (exact) mass is 306 g/mol. The molecule has 0 bridgehead atoms. The minimum Gasteiger partial charge on any atom is -0.394 e. The number of nitrogens with zero attached hydrogens (tertiary/aromatic N) is 1. The predicted octanol–water partition coefficient (Wildman–Crippen LogP) is 4.39. The normalized spacial score (nSPS) is 11.7. The van der Waals surface area contributed by atoms with Gasteiger partial charge in [-0.25, -0.2) is 4.98 Å². The summed E-state index contributed by atoms with van der Waals surface area (Å²) >= 11 is 0. The molecule has 3 heteroatoms. The number of aliphatic hydroxyl groups excluding tert-OH is 1. The van der Waals surface area contributed by atoms with Gasteiger partial charge in [0.15, 0.2) is 0 Å². The lowest BCUT2D eigenvalue weighted by Crippen LogP contribution is -2.35. The van der Waals surface area contributed by atoms with Crippen molar-refractivity contribution >= 4 is 16.6 Å². The first kappa shape index (κ1) is 15.5. The summed E-state index contributed by atoms with van der Waals surface area (Å²) in [5, 5.41) is 14.1. The zero-order valence-corrected chi connectivity index (χ0v) is 13.8. The highest BCUT2D eigenvalue weighted by atomic mass is 16.3. The van der Waals surface area contributed by atoms with E-state index < -0.39 is 5.54 Å². The molecule has 118 valence electrons. The summed E-state index contributed by atoms with van der Waals surface area (Å²) < 4.78 is 0. The number of para-hydroxylation sites is 1. The van der Waals surface area contributed by atoms with Crippen molar-refractivity contribution in [3.63, 3.8) is 0 Å². The van der Waals surface area contributed by atoms with Gasteiger partial charge in [0, 0.05) is 16.6 Å². The molecule has 0 saturated carbocycles. The van der Waals surface area contributed by atoms with Gasteiger partial charge < -0.3 is 10.4 Å². The number of aliphatic hydroxyl groups is 1. The molecule has 0 aliphatic rings. The predicted molar refractivity (Wildman–Crippen MR) is 96.7 cm³/mol. The Morgan fingerprint density at radius 2 is 1.83 bits per heavy atom. The van der Waals surface area contributed by atoms with E-state index >= 15 is 0 Å². The van der Waals surface area contributed by atoms with Crippen molar-refractivity contribution in [2.24, 2.45) is 0 Å². The van der Waals surface area contributed by atoms with Crippen molar-refractivity contribution in [2.45, 2.75) is 26.3 Å². The maximum absolute atomic E-state index is 9.57. The van der Waals surface area contributed by atoms with Crippen LogP contribution in [0.25, 0.3) is 22.2 Å². The second-order valence-electron chi connectivity index (χ2n) is 6.61. The summed E-state index contributed by atoms with van der Waals surface area (Å²) in [6, 6.07) is 18.5. The largest absolute Gasteiger partial charge is 0.394 e. The van der Waals surface area contributed by atoms with Crippen LogP contribution in [0.2, 0.25) is 0 Å². The molecule has 0 aliphatic heterocycles. The third kappa shape index (κ3) is 3.35. The van der Waals surface area contributed by atoms with E-state index in [0.717, 1.165) is 27.8 Å². The van der Waals surface area contributed by atoms with Gasteiger partial charge in [-0.3, -0.25) is 0 Å². The quantitative estimate of drug-likeness (QED) is 0.751. The first-order valence-electron chi connectivity index (χ1n) is 7.84. The van der Waals surface area contributed by atoms with E-state index in [4.69, 9.17) is 4.98 Å². The average Bonchev–Trinajstić information content (AvgIpc) is 2.54. The summed E-state index contributed by atoms with van der Waals surface area (Å²) in [5.74, 6) is 0. The van der Waals surface area contributed by atoms with Gasteiger partial charge in [0.1, 0.15) is 0 Å². The van der Waals surface area contributed by atoms with Gasteiger partial charge in [0.2, 0.25) is 0 Å². The summed E-state index contributed by atoms with van der Waals surface area (Å²) in [6.45, 7) is 6.10. The second kappa shape index (κ2) is 6.01. The Morgan fingerprint density at radius 3 is 2.57 bits per heavy atom. The van der Waals surface area contributed by atoms with E-state index in [9.17, 15) is 5.11 Å². The molecule has 0 aliphatic carbocycles. The van der Waals surface area contributed by atoms with E-state index in [1.54, 1.807) is 0 Å². The van der Waals surface area contributed by atoms with Crippen LogP contribution in [0.4, 0.5) is 5.69 Å². The number of aromatic nitrogens is 1. The number of rotatable bonds is 4. The van der Waals surface area contributed by atoms with Crippen molar-refractivity contribution in [2.75, 3.05) is 11.9 Å². The van der Waals surface area contributed by atoms with Crippen molar-refractivity contribution in [3.8, 4) is 11.3 Å². The zero-order valence-electron chi connectivity index (χ0n) is 13.8. The molecule has 23 heavy (non-hydrogen) atoms. The first-order valence-corrected chi connectivity index (χ1v) is 7.84. The SMILES string of the molecule is Cc1cccc(-c2cc(NC(C)(C)CO)c3ccccc3n2)c1. The third-order valence-corrected chi connectivity index (χ3v) is 3.90. The molecule has 3 aromatic rings. The van der Waals surface area contributed by atoms with E-state index in [0.29, 0.717) is 0 Å².